The first-order chi connectivity index (χ1) is 12.6. The number of hydrogen-bond donors (Lipinski definition) is 0. The van der Waals surface area contributed by atoms with E-state index in [0.29, 0.717) is 37.3 Å². The van der Waals surface area contributed by atoms with Crippen molar-refractivity contribution in [1.29, 1.82) is 0 Å². The molecule has 1 amide bonds. The molecule has 2 aromatic rings. The Balaban J connectivity index is 1.63. The van der Waals surface area contributed by atoms with Gasteiger partial charge in [0.15, 0.2) is 0 Å². The summed E-state index contributed by atoms with van der Waals surface area (Å²) in [7, 11) is 2.98. The summed E-state index contributed by atoms with van der Waals surface area (Å²) in [5.41, 5.74) is 2.15. The standard InChI is InChI=1S/C20H22N2O4/c1-25-18-8-6-15(7-9-18)19(23)22-12-10-21(11-13-22)17-5-3-4-16(14-17)20(24)26-2/h3-9,14H,10-13H2,1-2H3. The molecule has 0 atom stereocenters. The van der Waals surface area contributed by atoms with Gasteiger partial charge in [-0.2, -0.15) is 0 Å². The van der Waals surface area contributed by atoms with Gasteiger partial charge < -0.3 is 19.3 Å². The molecule has 1 saturated heterocycles. The average molecular weight is 354 g/mol. The summed E-state index contributed by atoms with van der Waals surface area (Å²) in [6, 6.07) is 14.5. The molecule has 0 unspecified atom stereocenters. The third kappa shape index (κ3) is 3.79. The molecule has 6 heteroatoms. The highest BCUT2D eigenvalue weighted by molar-refractivity contribution is 5.94. The predicted octanol–water partition coefficient (Wildman–Crippen LogP) is 2.44. The van der Waals surface area contributed by atoms with Crippen molar-refractivity contribution in [3.63, 3.8) is 0 Å². The van der Waals surface area contributed by atoms with Gasteiger partial charge in [0.05, 0.1) is 19.8 Å². The van der Waals surface area contributed by atoms with E-state index in [1.54, 1.807) is 37.4 Å². The number of amides is 1. The molecule has 0 bridgehead atoms. The smallest absolute Gasteiger partial charge is 0.337 e. The van der Waals surface area contributed by atoms with Gasteiger partial charge in [0.2, 0.25) is 0 Å². The summed E-state index contributed by atoms with van der Waals surface area (Å²) in [4.78, 5) is 28.3. The van der Waals surface area contributed by atoms with Crippen molar-refractivity contribution < 1.29 is 19.1 Å². The second-order valence-corrected chi connectivity index (χ2v) is 6.05. The van der Waals surface area contributed by atoms with Crippen molar-refractivity contribution in [1.82, 2.24) is 4.90 Å². The molecule has 2 aromatic carbocycles. The van der Waals surface area contributed by atoms with Crippen LogP contribution in [-0.4, -0.2) is 57.2 Å². The van der Waals surface area contributed by atoms with E-state index in [9.17, 15) is 9.59 Å². The predicted molar refractivity (Wildman–Crippen MR) is 98.9 cm³/mol. The van der Waals surface area contributed by atoms with Crippen molar-refractivity contribution in [2.75, 3.05) is 45.3 Å². The van der Waals surface area contributed by atoms with Gasteiger partial charge in [0.25, 0.3) is 5.91 Å². The number of carbonyl (C=O) groups excluding carboxylic acids is 2. The summed E-state index contributed by atoms with van der Waals surface area (Å²) >= 11 is 0. The molecule has 0 aromatic heterocycles. The van der Waals surface area contributed by atoms with E-state index in [4.69, 9.17) is 9.47 Å². The zero-order valence-corrected chi connectivity index (χ0v) is 15.0. The average Bonchev–Trinajstić information content (AvgIpc) is 2.73. The molecular formula is C20H22N2O4. The Bertz CT molecular complexity index is 781. The summed E-state index contributed by atoms with van der Waals surface area (Å²) in [5, 5.41) is 0. The minimum absolute atomic E-state index is 0.0237. The number of anilines is 1. The third-order valence-electron chi connectivity index (χ3n) is 4.54. The number of nitrogens with zero attached hydrogens (tertiary/aromatic N) is 2. The number of hydrogen-bond acceptors (Lipinski definition) is 5. The third-order valence-corrected chi connectivity index (χ3v) is 4.54. The second-order valence-electron chi connectivity index (χ2n) is 6.05. The Labute approximate surface area is 152 Å². The van der Waals surface area contributed by atoms with Crippen molar-refractivity contribution in [3.8, 4) is 5.75 Å². The minimum atomic E-state index is -0.347. The van der Waals surface area contributed by atoms with Gasteiger partial charge in [0.1, 0.15) is 5.75 Å². The number of piperazine rings is 1. The van der Waals surface area contributed by atoms with Crippen LogP contribution in [0.4, 0.5) is 5.69 Å². The molecule has 0 saturated carbocycles. The Morgan fingerprint density at radius 1 is 0.885 bits per heavy atom. The van der Waals surface area contributed by atoms with Crippen molar-refractivity contribution in [2.24, 2.45) is 0 Å². The maximum atomic E-state index is 12.6. The molecule has 0 spiro atoms. The molecule has 1 aliphatic rings. The lowest BCUT2D eigenvalue weighted by atomic mass is 10.1. The van der Waals surface area contributed by atoms with Gasteiger partial charge in [-0.25, -0.2) is 4.79 Å². The molecule has 0 radical (unpaired) electrons. The number of rotatable bonds is 4. The Kier molecular flexibility index (Phi) is 5.41. The van der Waals surface area contributed by atoms with Crippen LogP contribution in [0.3, 0.4) is 0 Å². The van der Waals surface area contributed by atoms with Crippen LogP contribution in [0.15, 0.2) is 48.5 Å². The van der Waals surface area contributed by atoms with E-state index in [1.165, 1.54) is 7.11 Å². The van der Waals surface area contributed by atoms with Crippen molar-refractivity contribution in [3.05, 3.63) is 59.7 Å². The molecule has 1 aliphatic heterocycles. The second kappa shape index (κ2) is 7.91. The zero-order chi connectivity index (χ0) is 18.5. The van der Waals surface area contributed by atoms with Crippen molar-refractivity contribution >= 4 is 17.6 Å². The Hall–Kier alpha value is -3.02. The highest BCUT2D eigenvalue weighted by atomic mass is 16.5. The number of benzene rings is 2. The number of ether oxygens (including phenoxy) is 2. The Morgan fingerprint density at radius 3 is 2.19 bits per heavy atom. The van der Waals surface area contributed by atoms with Gasteiger partial charge >= 0.3 is 5.97 Å². The molecule has 6 nitrogen and oxygen atoms in total. The summed E-state index contributed by atoms with van der Waals surface area (Å²) in [5.74, 6) is 0.410. The number of methoxy groups -OCH3 is 2. The van der Waals surface area contributed by atoms with Crippen LogP contribution in [0.1, 0.15) is 20.7 Å². The molecule has 1 fully saturated rings. The van der Waals surface area contributed by atoms with Crippen LogP contribution in [0.2, 0.25) is 0 Å². The lowest BCUT2D eigenvalue weighted by molar-refractivity contribution is 0.0600. The topological polar surface area (TPSA) is 59.1 Å². The van der Waals surface area contributed by atoms with Gasteiger partial charge in [-0.1, -0.05) is 6.07 Å². The lowest BCUT2D eigenvalue weighted by Crippen LogP contribution is -2.48. The summed E-state index contributed by atoms with van der Waals surface area (Å²) in [6.45, 7) is 2.69. The van der Waals surface area contributed by atoms with Gasteiger partial charge in [-0.15, -0.1) is 0 Å². The molecule has 136 valence electrons. The monoisotopic (exact) mass is 354 g/mol. The van der Waals surface area contributed by atoms with Crippen LogP contribution in [-0.2, 0) is 4.74 Å². The largest absolute Gasteiger partial charge is 0.497 e. The molecule has 1 heterocycles. The van der Waals surface area contributed by atoms with Gasteiger partial charge in [-0.3, -0.25) is 4.79 Å². The highest BCUT2D eigenvalue weighted by Gasteiger charge is 2.22. The number of carbonyl (C=O) groups is 2. The molecule has 0 N–H and O–H groups in total. The van der Waals surface area contributed by atoms with E-state index in [0.717, 1.165) is 11.4 Å². The van der Waals surface area contributed by atoms with Crippen LogP contribution in [0, 0.1) is 0 Å². The van der Waals surface area contributed by atoms with E-state index in [2.05, 4.69) is 4.90 Å². The SMILES string of the molecule is COC(=O)c1cccc(N2CCN(C(=O)c3ccc(OC)cc3)CC2)c1. The van der Waals surface area contributed by atoms with Crippen LogP contribution in [0.5, 0.6) is 5.75 Å². The van der Waals surface area contributed by atoms with Crippen LogP contribution in [0.25, 0.3) is 0 Å². The zero-order valence-electron chi connectivity index (χ0n) is 15.0. The maximum Gasteiger partial charge on any atom is 0.337 e. The molecule has 0 aliphatic carbocycles. The lowest BCUT2D eigenvalue weighted by Gasteiger charge is -2.36. The Morgan fingerprint density at radius 2 is 1.58 bits per heavy atom. The van der Waals surface area contributed by atoms with Gasteiger partial charge in [0, 0.05) is 37.4 Å². The quantitative estimate of drug-likeness (QED) is 0.790. The molecule has 3 rings (SSSR count). The van der Waals surface area contributed by atoms with E-state index < -0.39 is 0 Å². The van der Waals surface area contributed by atoms with Crippen LogP contribution < -0.4 is 9.64 Å². The first kappa shape index (κ1) is 17.8. The minimum Gasteiger partial charge on any atom is -0.497 e. The maximum absolute atomic E-state index is 12.6. The van der Waals surface area contributed by atoms with E-state index in [-0.39, 0.29) is 11.9 Å². The normalized spacial score (nSPS) is 14.1. The summed E-state index contributed by atoms with van der Waals surface area (Å²) in [6.07, 6.45) is 0. The fraction of sp³-hybridized carbons (Fsp3) is 0.300. The first-order valence-corrected chi connectivity index (χ1v) is 8.49. The summed E-state index contributed by atoms with van der Waals surface area (Å²) < 4.78 is 9.90. The van der Waals surface area contributed by atoms with E-state index >= 15 is 0 Å². The first-order valence-electron chi connectivity index (χ1n) is 8.49. The fourth-order valence-corrected chi connectivity index (χ4v) is 3.03. The van der Waals surface area contributed by atoms with Crippen molar-refractivity contribution in [2.45, 2.75) is 0 Å². The fourth-order valence-electron chi connectivity index (χ4n) is 3.03. The molecule has 26 heavy (non-hydrogen) atoms. The van der Waals surface area contributed by atoms with E-state index in [1.807, 2.05) is 23.1 Å². The molecular weight excluding hydrogens is 332 g/mol. The van der Waals surface area contributed by atoms with Crippen LogP contribution >= 0.6 is 0 Å². The van der Waals surface area contributed by atoms with Gasteiger partial charge in [-0.05, 0) is 42.5 Å². The highest BCUT2D eigenvalue weighted by Crippen LogP contribution is 2.20. The number of esters is 1.